The normalized spacial score (nSPS) is 11.9. The molecule has 5 aromatic heterocycles. The Bertz CT molecular complexity index is 2000. The summed E-state index contributed by atoms with van der Waals surface area (Å²) in [7, 11) is 0.476. The highest BCUT2D eigenvalue weighted by Gasteiger charge is 2.18. The molecule has 5 heterocycles. The fraction of sp³-hybridized carbons (Fsp3) is 0.148. The molecule has 0 spiro atoms. The van der Waals surface area contributed by atoms with Crippen LogP contribution in [0.3, 0.4) is 0 Å². The van der Waals surface area contributed by atoms with E-state index < -0.39 is 15.8 Å². The van der Waals surface area contributed by atoms with E-state index >= 15 is 0 Å². The van der Waals surface area contributed by atoms with Crippen LogP contribution < -0.4 is 9.62 Å². The van der Waals surface area contributed by atoms with Crippen LogP contribution in [0.2, 0.25) is 0 Å². The van der Waals surface area contributed by atoms with Crippen molar-refractivity contribution in [2.75, 3.05) is 25.3 Å². The lowest BCUT2D eigenvalue weighted by Crippen LogP contribution is -2.21. The molecule has 11 nitrogen and oxygen atoms in total. The molecule has 6 aromatic rings. The molecular formula is C27H24FN9O2S. The van der Waals surface area contributed by atoms with Gasteiger partial charge in [-0.25, -0.2) is 27.5 Å². The molecule has 0 saturated carbocycles. The summed E-state index contributed by atoms with van der Waals surface area (Å²) in [5.74, 6) is -0.00900. The summed E-state index contributed by atoms with van der Waals surface area (Å²) >= 11 is 0. The minimum Gasteiger partial charge on any atom is -0.376 e. The third kappa shape index (κ3) is 4.99. The summed E-state index contributed by atoms with van der Waals surface area (Å²) in [4.78, 5) is 23.3. The number of aromatic amines is 2. The average Bonchev–Trinajstić information content (AvgIpc) is 3.55. The van der Waals surface area contributed by atoms with Crippen LogP contribution in [0.1, 0.15) is 5.56 Å². The fourth-order valence-electron chi connectivity index (χ4n) is 4.45. The Morgan fingerprint density at radius 1 is 0.950 bits per heavy atom. The molecular weight excluding hydrogens is 533 g/mol. The van der Waals surface area contributed by atoms with E-state index in [1.54, 1.807) is 37.1 Å². The van der Waals surface area contributed by atoms with Gasteiger partial charge in [-0.1, -0.05) is 0 Å². The van der Waals surface area contributed by atoms with Gasteiger partial charge in [0.2, 0.25) is 10.0 Å². The lowest BCUT2D eigenvalue weighted by Gasteiger charge is -2.12. The highest BCUT2D eigenvalue weighted by atomic mass is 32.2. The number of hydrogen-bond acceptors (Lipinski definition) is 8. The molecule has 0 aliphatic heterocycles. The van der Waals surface area contributed by atoms with E-state index in [2.05, 4.69) is 34.9 Å². The quantitative estimate of drug-likeness (QED) is 0.268. The predicted molar refractivity (Wildman–Crippen MR) is 151 cm³/mol. The number of imidazole rings is 1. The molecule has 0 atom stereocenters. The molecule has 0 aliphatic carbocycles. The van der Waals surface area contributed by atoms with Crippen LogP contribution in [0.15, 0.2) is 61.3 Å². The van der Waals surface area contributed by atoms with Crippen molar-refractivity contribution >= 4 is 37.8 Å². The topological polar surface area (TPSA) is 145 Å². The largest absolute Gasteiger partial charge is 0.376 e. The number of benzene rings is 1. The summed E-state index contributed by atoms with van der Waals surface area (Å²) in [6, 6.07) is 8.38. The number of nitrogens with zero attached hydrogens (tertiary/aromatic N) is 6. The SMILES string of the molecule is CN(C)c1cncc(-c2cnc3[nH]nc(-c4nc5c(-c6cc(F)cc(CNS(C)(=O)=O)c6)cncc5[nH]4)c3c2)c1. The van der Waals surface area contributed by atoms with Crippen molar-refractivity contribution < 1.29 is 12.8 Å². The number of hydrogen-bond donors (Lipinski definition) is 3. The first-order valence-corrected chi connectivity index (χ1v) is 14.1. The van der Waals surface area contributed by atoms with Crippen molar-refractivity contribution in [3.8, 4) is 33.8 Å². The Balaban J connectivity index is 1.42. The van der Waals surface area contributed by atoms with Gasteiger partial charge < -0.3 is 9.88 Å². The Hall–Kier alpha value is -4.75. The number of nitrogens with one attached hydrogen (secondary N) is 3. The van der Waals surface area contributed by atoms with Gasteiger partial charge in [0, 0.05) is 55.9 Å². The van der Waals surface area contributed by atoms with Crippen molar-refractivity contribution in [3.05, 3.63) is 72.7 Å². The van der Waals surface area contributed by atoms with E-state index in [1.807, 2.05) is 31.1 Å². The summed E-state index contributed by atoms with van der Waals surface area (Å²) in [5.41, 5.74) is 6.71. The van der Waals surface area contributed by atoms with Crippen LogP contribution in [-0.2, 0) is 16.6 Å². The fourth-order valence-corrected chi connectivity index (χ4v) is 4.88. The maximum atomic E-state index is 14.5. The Morgan fingerprint density at radius 2 is 1.75 bits per heavy atom. The molecule has 40 heavy (non-hydrogen) atoms. The van der Waals surface area contributed by atoms with Gasteiger partial charge >= 0.3 is 0 Å². The van der Waals surface area contributed by atoms with E-state index in [-0.39, 0.29) is 6.54 Å². The number of sulfonamides is 1. The third-order valence-electron chi connectivity index (χ3n) is 6.42. The number of halogens is 1. The Morgan fingerprint density at radius 3 is 2.55 bits per heavy atom. The van der Waals surface area contributed by atoms with Gasteiger partial charge in [-0.3, -0.25) is 15.1 Å². The predicted octanol–water partition coefficient (Wildman–Crippen LogP) is 3.88. The number of aromatic nitrogens is 7. The minimum atomic E-state index is -3.44. The van der Waals surface area contributed by atoms with Crippen molar-refractivity contribution in [3.63, 3.8) is 0 Å². The zero-order chi connectivity index (χ0) is 28.0. The van der Waals surface area contributed by atoms with Crippen LogP contribution in [0, 0.1) is 5.82 Å². The van der Waals surface area contributed by atoms with Crippen LogP contribution in [0.25, 0.3) is 55.8 Å². The molecule has 202 valence electrons. The van der Waals surface area contributed by atoms with Crippen LogP contribution >= 0.6 is 0 Å². The van der Waals surface area contributed by atoms with E-state index in [1.165, 1.54) is 12.1 Å². The lowest BCUT2D eigenvalue weighted by atomic mass is 10.0. The second kappa shape index (κ2) is 9.77. The van der Waals surface area contributed by atoms with Crippen molar-refractivity contribution in [2.24, 2.45) is 0 Å². The number of rotatable bonds is 7. The summed E-state index contributed by atoms with van der Waals surface area (Å²) in [6.45, 7) is -0.0413. The molecule has 0 radical (unpaired) electrons. The average molecular weight is 558 g/mol. The highest BCUT2D eigenvalue weighted by molar-refractivity contribution is 7.88. The van der Waals surface area contributed by atoms with Crippen LogP contribution in [0.5, 0.6) is 0 Å². The van der Waals surface area contributed by atoms with Crippen molar-refractivity contribution in [1.82, 2.24) is 39.8 Å². The van der Waals surface area contributed by atoms with Crippen LogP contribution in [0.4, 0.5) is 10.1 Å². The zero-order valence-corrected chi connectivity index (χ0v) is 22.6. The number of H-pyrrole nitrogens is 2. The Labute approximate surface area is 228 Å². The van der Waals surface area contributed by atoms with E-state index in [0.29, 0.717) is 44.9 Å². The molecule has 0 saturated heterocycles. The van der Waals surface area contributed by atoms with Crippen LogP contribution in [-0.4, -0.2) is 63.9 Å². The smallest absolute Gasteiger partial charge is 0.209 e. The molecule has 0 fully saturated rings. The molecule has 0 unspecified atom stereocenters. The summed E-state index contributed by atoms with van der Waals surface area (Å²) < 4.78 is 40.0. The second-order valence-corrected chi connectivity index (χ2v) is 11.5. The first-order chi connectivity index (χ1) is 19.1. The molecule has 0 aliphatic rings. The Kier molecular flexibility index (Phi) is 6.24. The van der Waals surface area contributed by atoms with E-state index in [0.717, 1.165) is 28.5 Å². The number of anilines is 1. The molecule has 3 N–H and O–H groups in total. The van der Waals surface area contributed by atoms with Gasteiger partial charge in [-0.05, 0) is 41.5 Å². The monoisotopic (exact) mass is 557 g/mol. The molecule has 0 amide bonds. The van der Waals surface area contributed by atoms with Gasteiger partial charge in [0.25, 0.3) is 0 Å². The third-order valence-corrected chi connectivity index (χ3v) is 7.08. The van der Waals surface area contributed by atoms with Gasteiger partial charge in [-0.15, -0.1) is 0 Å². The van der Waals surface area contributed by atoms with E-state index in [4.69, 9.17) is 4.98 Å². The van der Waals surface area contributed by atoms with Crippen molar-refractivity contribution in [2.45, 2.75) is 6.54 Å². The molecule has 1 aromatic carbocycles. The van der Waals surface area contributed by atoms with Gasteiger partial charge in [0.05, 0.1) is 40.8 Å². The second-order valence-electron chi connectivity index (χ2n) is 9.63. The lowest BCUT2D eigenvalue weighted by molar-refractivity contribution is 0.586. The maximum Gasteiger partial charge on any atom is 0.209 e. The van der Waals surface area contributed by atoms with Gasteiger partial charge in [0.15, 0.2) is 11.5 Å². The van der Waals surface area contributed by atoms with Crippen molar-refractivity contribution in [1.29, 1.82) is 0 Å². The zero-order valence-electron chi connectivity index (χ0n) is 21.8. The molecule has 13 heteroatoms. The number of fused-ring (bicyclic) bond motifs is 2. The van der Waals surface area contributed by atoms with Gasteiger partial charge in [0.1, 0.15) is 11.5 Å². The van der Waals surface area contributed by atoms with Gasteiger partial charge in [-0.2, -0.15) is 5.10 Å². The number of pyridine rings is 3. The minimum absolute atomic E-state index is 0.0413. The first-order valence-electron chi connectivity index (χ1n) is 12.2. The molecule has 6 rings (SSSR count). The highest BCUT2D eigenvalue weighted by Crippen LogP contribution is 2.33. The standard InChI is InChI=1S/C27H24FN9O2S/c1-37(2)20-7-17(10-29-12-20)18-8-21-25(35-36-26(21)31-11-18)27-33-23-14-30-13-22(24(23)34-27)16-4-15(5-19(28)6-16)9-32-40(3,38)39/h4-8,10-14,32H,9H2,1-3H3,(H,33,34)(H,31,35,36). The summed E-state index contributed by atoms with van der Waals surface area (Å²) in [6.07, 6.45) is 9.63. The summed E-state index contributed by atoms with van der Waals surface area (Å²) in [5, 5.41) is 8.19. The maximum absolute atomic E-state index is 14.5. The molecule has 0 bridgehead atoms. The van der Waals surface area contributed by atoms with E-state index in [9.17, 15) is 12.8 Å². The first kappa shape index (κ1) is 25.5.